The van der Waals surface area contributed by atoms with Crippen LogP contribution in [0.3, 0.4) is 0 Å². The molecule has 0 unspecified atom stereocenters. The van der Waals surface area contributed by atoms with Gasteiger partial charge in [0.05, 0.1) is 40.2 Å². The van der Waals surface area contributed by atoms with Crippen LogP contribution >= 0.6 is 11.6 Å². The van der Waals surface area contributed by atoms with Crippen LogP contribution in [0.1, 0.15) is 35.4 Å². The molecule has 0 fully saturated rings. The molecule has 2 heterocycles. The average Bonchev–Trinajstić information content (AvgIpc) is 3.33. The van der Waals surface area contributed by atoms with Gasteiger partial charge in [0.15, 0.2) is 11.5 Å². The molecule has 0 spiro atoms. The highest BCUT2D eigenvalue weighted by atomic mass is 35.5. The Hall–Kier alpha value is -3.58. The summed E-state index contributed by atoms with van der Waals surface area (Å²) in [5, 5.41) is 7.65. The van der Waals surface area contributed by atoms with Crippen LogP contribution in [-0.2, 0) is 0 Å². The normalized spacial score (nSPS) is 18.4. The molecule has 8 heteroatoms. The first-order chi connectivity index (χ1) is 16.6. The van der Waals surface area contributed by atoms with Crippen molar-refractivity contribution < 1.29 is 23.7 Å². The van der Waals surface area contributed by atoms with Crippen LogP contribution in [0.5, 0.6) is 28.7 Å². The van der Waals surface area contributed by atoms with Crippen molar-refractivity contribution >= 4 is 17.3 Å². The molecule has 0 amide bonds. The minimum atomic E-state index is -0.497. The van der Waals surface area contributed by atoms with E-state index in [4.69, 9.17) is 40.4 Å². The molecule has 0 aromatic heterocycles. The first-order valence-corrected chi connectivity index (χ1v) is 11.2. The molecule has 0 saturated carbocycles. The summed E-state index contributed by atoms with van der Waals surface area (Å²) in [6.07, 6.45) is 0.215. The van der Waals surface area contributed by atoms with Crippen molar-refractivity contribution in [2.75, 3.05) is 28.4 Å². The number of hydrogen-bond acceptors (Lipinski definition) is 7. The van der Waals surface area contributed by atoms with Gasteiger partial charge in [-0.2, -0.15) is 5.10 Å². The number of methoxy groups -OCH3 is 4. The molecule has 0 bridgehead atoms. The van der Waals surface area contributed by atoms with E-state index in [-0.39, 0.29) is 6.04 Å². The predicted molar refractivity (Wildman–Crippen MR) is 130 cm³/mol. The van der Waals surface area contributed by atoms with Gasteiger partial charge in [-0.1, -0.05) is 11.6 Å². The SMILES string of the molecule is COc1ccc(C2=NN3[C@@H](C2)c2cc(Cl)ccc2O[C@H]3c2cc(OC)c(OC)c(OC)c2)cc1. The molecule has 5 rings (SSSR count). The van der Waals surface area contributed by atoms with Crippen molar-refractivity contribution in [1.29, 1.82) is 0 Å². The molecule has 2 aliphatic heterocycles. The van der Waals surface area contributed by atoms with Crippen LogP contribution < -0.4 is 23.7 Å². The zero-order valence-corrected chi connectivity index (χ0v) is 20.1. The largest absolute Gasteiger partial charge is 0.497 e. The van der Waals surface area contributed by atoms with E-state index in [2.05, 4.69) is 0 Å². The lowest BCUT2D eigenvalue weighted by molar-refractivity contribution is -0.0192. The molecule has 176 valence electrons. The van der Waals surface area contributed by atoms with Crippen molar-refractivity contribution in [3.8, 4) is 28.7 Å². The molecular weight excluding hydrogens is 456 g/mol. The molecule has 2 aliphatic rings. The molecule has 3 aromatic rings. The third-order valence-electron chi connectivity index (χ3n) is 6.15. The van der Waals surface area contributed by atoms with E-state index in [1.807, 2.05) is 59.6 Å². The van der Waals surface area contributed by atoms with Gasteiger partial charge in [0.2, 0.25) is 12.0 Å². The van der Waals surface area contributed by atoms with Gasteiger partial charge in [-0.05, 0) is 60.2 Å². The van der Waals surface area contributed by atoms with Crippen molar-refractivity contribution in [2.24, 2.45) is 5.10 Å². The topological polar surface area (TPSA) is 61.8 Å². The number of benzene rings is 3. The second-order valence-corrected chi connectivity index (χ2v) is 8.42. The van der Waals surface area contributed by atoms with Gasteiger partial charge in [0.1, 0.15) is 11.5 Å². The number of hydrazone groups is 1. The minimum absolute atomic E-state index is 0.0383. The molecule has 0 N–H and O–H groups in total. The lowest BCUT2D eigenvalue weighted by Gasteiger charge is -2.38. The van der Waals surface area contributed by atoms with E-state index in [0.29, 0.717) is 28.7 Å². The number of rotatable bonds is 6. The smallest absolute Gasteiger partial charge is 0.214 e. The van der Waals surface area contributed by atoms with Gasteiger partial charge in [0.25, 0.3) is 0 Å². The van der Waals surface area contributed by atoms with E-state index in [1.165, 1.54) is 0 Å². The van der Waals surface area contributed by atoms with Crippen LogP contribution in [-0.4, -0.2) is 39.2 Å². The fourth-order valence-electron chi connectivity index (χ4n) is 4.48. The van der Waals surface area contributed by atoms with E-state index in [1.54, 1.807) is 28.4 Å². The fraction of sp³-hybridized carbons (Fsp3) is 0.269. The van der Waals surface area contributed by atoms with E-state index in [9.17, 15) is 0 Å². The molecule has 2 atom stereocenters. The summed E-state index contributed by atoms with van der Waals surface area (Å²) < 4.78 is 28.4. The van der Waals surface area contributed by atoms with Gasteiger partial charge in [-0.15, -0.1) is 0 Å². The first-order valence-electron chi connectivity index (χ1n) is 10.8. The first kappa shape index (κ1) is 22.2. The molecule has 0 saturated heterocycles. The number of ether oxygens (including phenoxy) is 5. The predicted octanol–water partition coefficient (Wildman–Crippen LogP) is 5.62. The molecule has 3 aromatic carbocycles. The van der Waals surface area contributed by atoms with Gasteiger partial charge < -0.3 is 23.7 Å². The van der Waals surface area contributed by atoms with Gasteiger partial charge in [0, 0.05) is 22.6 Å². The third-order valence-corrected chi connectivity index (χ3v) is 6.38. The van der Waals surface area contributed by atoms with Gasteiger partial charge in [-0.25, -0.2) is 5.01 Å². The summed E-state index contributed by atoms with van der Waals surface area (Å²) in [6, 6.07) is 17.4. The Kier molecular flexibility index (Phi) is 5.87. The number of fused-ring (bicyclic) bond motifs is 3. The number of halogens is 1. The van der Waals surface area contributed by atoms with E-state index in [0.717, 1.165) is 33.9 Å². The lowest BCUT2D eigenvalue weighted by Crippen LogP contribution is -2.33. The average molecular weight is 481 g/mol. The quantitative estimate of drug-likeness (QED) is 0.456. The Labute approximate surface area is 203 Å². The Morgan fingerprint density at radius 1 is 0.882 bits per heavy atom. The van der Waals surface area contributed by atoms with Crippen LogP contribution in [0.4, 0.5) is 0 Å². The highest BCUT2D eigenvalue weighted by Gasteiger charge is 2.41. The maximum absolute atomic E-state index is 6.47. The van der Waals surface area contributed by atoms with Crippen LogP contribution in [0, 0.1) is 0 Å². The summed E-state index contributed by atoms with van der Waals surface area (Å²) in [7, 11) is 6.43. The van der Waals surface area contributed by atoms with E-state index < -0.39 is 6.23 Å². The summed E-state index contributed by atoms with van der Waals surface area (Å²) in [4.78, 5) is 0. The zero-order valence-electron chi connectivity index (χ0n) is 19.4. The van der Waals surface area contributed by atoms with Gasteiger partial charge in [-0.3, -0.25) is 0 Å². The maximum Gasteiger partial charge on any atom is 0.214 e. The van der Waals surface area contributed by atoms with Crippen molar-refractivity contribution in [1.82, 2.24) is 5.01 Å². The Bertz CT molecular complexity index is 1220. The molecule has 0 aliphatic carbocycles. The highest BCUT2D eigenvalue weighted by Crippen LogP contribution is 2.50. The molecule has 7 nitrogen and oxygen atoms in total. The zero-order chi connectivity index (χ0) is 23.8. The molecule has 0 radical (unpaired) electrons. The second kappa shape index (κ2) is 8.99. The molecular formula is C26H25ClN2O5. The molecule has 34 heavy (non-hydrogen) atoms. The fourth-order valence-corrected chi connectivity index (χ4v) is 4.66. The summed E-state index contributed by atoms with van der Waals surface area (Å²) in [5.74, 6) is 3.21. The maximum atomic E-state index is 6.47. The summed E-state index contributed by atoms with van der Waals surface area (Å²) in [6.45, 7) is 0. The van der Waals surface area contributed by atoms with Crippen molar-refractivity contribution in [3.63, 3.8) is 0 Å². The van der Waals surface area contributed by atoms with Crippen LogP contribution in [0.25, 0.3) is 0 Å². The van der Waals surface area contributed by atoms with Gasteiger partial charge >= 0.3 is 0 Å². The Morgan fingerprint density at radius 2 is 1.59 bits per heavy atom. The summed E-state index contributed by atoms with van der Waals surface area (Å²) in [5.41, 5.74) is 3.83. The second-order valence-electron chi connectivity index (χ2n) is 7.99. The van der Waals surface area contributed by atoms with E-state index >= 15 is 0 Å². The Balaban J connectivity index is 1.61. The number of nitrogens with zero attached hydrogens (tertiary/aromatic N) is 2. The monoisotopic (exact) mass is 480 g/mol. The van der Waals surface area contributed by atoms with Crippen LogP contribution in [0.2, 0.25) is 5.02 Å². The Morgan fingerprint density at radius 3 is 2.21 bits per heavy atom. The van der Waals surface area contributed by atoms with Crippen molar-refractivity contribution in [3.05, 3.63) is 76.3 Å². The standard InChI is InChI=1S/C26H25ClN2O5/c1-30-18-8-5-15(6-9-18)20-14-21-19-13-17(27)7-10-22(19)34-26(29(21)28-20)16-11-23(31-2)25(33-4)24(12-16)32-3/h5-13,21,26H,14H2,1-4H3/t21-,26-/m0/s1. The minimum Gasteiger partial charge on any atom is -0.497 e. The number of hydrogen-bond donors (Lipinski definition) is 0. The van der Waals surface area contributed by atoms with Crippen LogP contribution in [0.15, 0.2) is 59.7 Å². The lowest BCUT2D eigenvalue weighted by atomic mass is 9.95. The third kappa shape index (κ3) is 3.76. The summed E-state index contributed by atoms with van der Waals surface area (Å²) >= 11 is 6.35. The van der Waals surface area contributed by atoms with Crippen molar-refractivity contribution in [2.45, 2.75) is 18.7 Å². The highest BCUT2D eigenvalue weighted by molar-refractivity contribution is 6.30.